The molecule has 2 rings (SSSR count). The first-order chi connectivity index (χ1) is 13.3. The summed E-state index contributed by atoms with van der Waals surface area (Å²) in [7, 11) is 3.61. The van der Waals surface area contributed by atoms with Crippen molar-refractivity contribution in [3.05, 3.63) is 52.3 Å². The highest BCUT2D eigenvalue weighted by atomic mass is 127. The van der Waals surface area contributed by atoms with Crippen LogP contribution < -0.4 is 16.0 Å². The Kier molecular flexibility index (Phi) is 10.1. The fraction of sp³-hybridized carbons (Fsp3) is 0.476. The Morgan fingerprint density at radius 1 is 1.31 bits per heavy atom. The van der Waals surface area contributed by atoms with Crippen LogP contribution in [0, 0.1) is 13.8 Å². The normalized spacial score (nSPS) is 12.1. The summed E-state index contributed by atoms with van der Waals surface area (Å²) in [5.74, 6) is 0.672. The molecule has 7 nitrogen and oxygen atoms in total. The van der Waals surface area contributed by atoms with E-state index in [0.29, 0.717) is 12.1 Å². The summed E-state index contributed by atoms with van der Waals surface area (Å²) in [5, 5.41) is 13.9. The Labute approximate surface area is 190 Å². The molecule has 1 heterocycles. The Morgan fingerprint density at radius 3 is 2.62 bits per heavy atom. The number of carbonyl (C=O) groups is 1. The van der Waals surface area contributed by atoms with Gasteiger partial charge in [-0.15, -0.1) is 24.0 Å². The minimum atomic E-state index is -0.0910. The van der Waals surface area contributed by atoms with Crippen molar-refractivity contribution in [1.82, 2.24) is 25.7 Å². The number of rotatable bonds is 7. The zero-order valence-corrected chi connectivity index (χ0v) is 20.5. The first-order valence-corrected chi connectivity index (χ1v) is 9.70. The van der Waals surface area contributed by atoms with Gasteiger partial charge in [0.25, 0.3) is 5.91 Å². The molecule has 0 radical (unpaired) electrons. The third kappa shape index (κ3) is 7.02. The maximum atomic E-state index is 11.8. The molecule has 0 saturated heterocycles. The molecule has 1 atom stereocenters. The number of hydrogen-bond donors (Lipinski definition) is 3. The first-order valence-electron chi connectivity index (χ1n) is 9.70. The first kappa shape index (κ1) is 24.9. The number of carbonyl (C=O) groups excluding carboxylic acids is 1. The van der Waals surface area contributed by atoms with Crippen molar-refractivity contribution in [3.63, 3.8) is 0 Å². The quantitative estimate of drug-likeness (QED) is 0.303. The van der Waals surface area contributed by atoms with Crippen LogP contribution in [-0.2, 0) is 20.0 Å². The zero-order valence-electron chi connectivity index (χ0n) is 18.2. The predicted molar refractivity (Wildman–Crippen MR) is 129 cm³/mol. The van der Waals surface area contributed by atoms with Gasteiger partial charge in [0.15, 0.2) is 5.96 Å². The monoisotopic (exact) mass is 512 g/mol. The van der Waals surface area contributed by atoms with Crippen molar-refractivity contribution >= 4 is 35.8 Å². The van der Waals surface area contributed by atoms with E-state index in [-0.39, 0.29) is 35.9 Å². The standard InChI is InChI=1S/C21H32N6O.HI/c1-7-23-21(24-13-17-9-8-10-18(12-17)20(28)22-5)25-14(2)11-19-15(3)26-27(6)16(19)4;/h8-10,12,14H,7,11,13H2,1-6H3,(H,22,28)(H2,23,24,25);1H. The summed E-state index contributed by atoms with van der Waals surface area (Å²) in [6, 6.07) is 7.74. The van der Waals surface area contributed by atoms with Crippen molar-refractivity contribution in [1.29, 1.82) is 0 Å². The molecule has 0 aliphatic heterocycles. The minimum Gasteiger partial charge on any atom is -0.357 e. The SMILES string of the molecule is CCNC(=NCc1cccc(C(=O)NC)c1)NC(C)Cc1c(C)nn(C)c1C.I. The molecule has 1 aromatic carbocycles. The Balaban J connectivity index is 0.00000420. The lowest BCUT2D eigenvalue weighted by molar-refractivity contribution is 0.0963. The lowest BCUT2D eigenvalue weighted by Crippen LogP contribution is -2.43. The molecule has 160 valence electrons. The van der Waals surface area contributed by atoms with E-state index < -0.39 is 0 Å². The van der Waals surface area contributed by atoms with Gasteiger partial charge in [0.1, 0.15) is 0 Å². The van der Waals surface area contributed by atoms with E-state index in [1.807, 2.05) is 43.8 Å². The fourth-order valence-corrected chi connectivity index (χ4v) is 3.15. The predicted octanol–water partition coefficient (Wildman–Crippen LogP) is 2.70. The van der Waals surface area contributed by atoms with E-state index in [4.69, 9.17) is 0 Å². The van der Waals surface area contributed by atoms with Gasteiger partial charge in [-0.3, -0.25) is 9.48 Å². The van der Waals surface area contributed by atoms with Gasteiger partial charge < -0.3 is 16.0 Å². The van der Waals surface area contributed by atoms with Crippen LogP contribution >= 0.6 is 24.0 Å². The summed E-state index contributed by atoms with van der Waals surface area (Å²) >= 11 is 0. The van der Waals surface area contributed by atoms with Gasteiger partial charge in [-0.1, -0.05) is 12.1 Å². The number of aliphatic imine (C=N–C) groups is 1. The van der Waals surface area contributed by atoms with Crippen LogP contribution in [0.4, 0.5) is 0 Å². The number of hydrogen-bond acceptors (Lipinski definition) is 3. The van der Waals surface area contributed by atoms with Gasteiger partial charge in [-0.25, -0.2) is 4.99 Å². The van der Waals surface area contributed by atoms with Gasteiger partial charge in [0.2, 0.25) is 0 Å². The number of halogens is 1. The van der Waals surface area contributed by atoms with Crippen molar-refractivity contribution in [2.75, 3.05) is 13.6 Å². The summed E-state index contributed by atoms with van der Waals surface area (Å²) in [6.45, 7) is 9.61. The largest absolute Gasteiger partial charge is 0.357 e. The van der Waals surface area contributed by atoms with Crippen molar-refractivity contribution in [2.24, 2.45) is 12.0 Å². The molecule has 2 aromatic rings. The highest BCUT2D eigenvalue weighted by Gasteiger charge is 2.14. The summed E-state index contributed by atoms with van der Waals surface area (Å²) in [5.41, 5.74) is 5.17. The molecule has 0 fully saturated rings. The molecule has 8 heteroatoms. The van der Waals surface area contributed by atoms with Crippen LogP contribution in [0.5, 0.6) is 0 Å². The Hall–Kier alpha value is -2.10. The second-order valence-corrected chi connectivity index (χ2v) is 7.00. The minimum absolute atomic E-state index is 0. The van der Waals surface area contributed by atoms with Crippen molar-refractivity contribution in [2.45, 2.75) is 46.7 Å². The van der Waals surface area contributed by atoms with E-state index in [1.54, 1.807) is 13.1 Å². The lowest BCUT2D eigenvalue weighted by Gasteiger charge is -2.18. The number of guanidine groups is 1. The smallest absolute Gasteiger partial charge is 0.251 e. The fourth-order valence-electron chi connectivity index (χ4n) is 3.15. The Morgan fingerprint density at radius 2 is 2.03 bits per heavy atom. The van der Waals surface area contributed by atoms with Gasteiger partial charge in [-0.05, 0) is 57.4 Å². The maximum absolute atomic E-state index is 11.8. The number of nitrogens with zero attached hydrogens (tertiary/aromatic N) is 3. The maximum Gasteiger partial charge on any atom is 0.251 e. The molecule has 1 aromatic heterocycles. The third-order valence-corrected chi connectivity index (χ3v) is 4.73. The van der Waals surface area contributed by atoms with Gasteiger partial charge in [0, 0.05) is 37.9 Å². The molecule has 29 heavy (non-hydrogen) atoms. The van der Waals surface area contributed by atoms with E-state index in [1.165, 1.54) is 11.3 Å². The zero-order chi connectivity index (χ0) is 20.7. The molecular weight excluding hydrogens is 479 g/mol. The lowest BCUT2D eigenvalue weighted by atomic mass is 10.1. The topological polar surface area (TPSA) is 83.3 Å². The molecule has 0 aliphatic rings. The Bertz CT molecular complexity index is 846. The molecule has 1 amide bonds. The second kappa shape index (κ2) is 11.8. The molecular formula is C21H33IN6O. The number of aryl methyl sites for hydroxylation is 2. The molecule has 0 saturated carbocycles. The second-order valence-electron chi connectivity index (χ2n) is 7.00. The van der Waals surface area contributed by atoms with E-state index in [0.717, 1.165) is 30.2 Å². The number of aromatic nitrogens is 2. The summed E-state index contributed by atoms with van der Waals surface area (Å²) < 4.78 is 1.93. The molecule has 0 spiro atoms. The van der Waals surface area contributed by atoms with Crippen LogP contribution in [0.25, 0.3) is 0 Å². The van der Waals surface area contributed by atoms with E-state index in [9.17, 15) is 4.79 Å². The average molecular weight is 512 g/mol. The van der Waals surface area contributed by atoms with Crippen LogP contribution in [0.2, 0.25) is 0 Å². The molecule has 1 unspecified atom stereocenters. The third-order valence-electron chi connectivity index (χ3n) is 4.73. The molecule has 3 N–H and O–H groups in total. The van der Waals surface area contributed by atoms with E-state index >= 15 is 0 Å². The van der Waals surface area contributed by atoms with E-state index in [2.05, 4.69) is 39.9 Å². The number of benzene rings is 1. The van der Waals surface area contributed by atoms with Gasteiger partial charge >= 0.3 is 0 Å². The molecule has 0 bridgehead atoms. The van der Waals surface area contributed by atoms with Crippen LogP contribution in [-0.4, -0.2) is 41.3 Å². The summed E-state index contributed by atoms with van der Waals surface area (Å²) in [4.78, 5) is 16.5. The van der Waals surface area contributed by atoms with Crippen LogP contribution in [0.1, 0.15) is 46.7 Å². The number of nitrogens with one attached hydrogen (secondary N) is 3. The highest BCUT2D eigenvalue weighted by molar-refractivity contribution is 14.0. The number of amides is 1. The van der Waals surface area contributed by atoms with Crippen LogP contribution in [0.15, 0.2) is 29.3 Å². The van der Waals surface area contributed by atoms with Crippen molar-refractivity contribution < 1.29 is 4.79 Å². The van der Waals surface area contributed by atoms with Gasteiger partial charge in [-0.2, -0.15) is 5.10 Å². The van der Waals surface area contributed by atoms with Crippen LogP contribution in [0.3, 0.4) is 0 Å². The van der Waals surface area contributed by atoms with Gasteiger partial charge in [0.05, 0.1) is 12.2 Å². The average Bonchev–Trinajstić information content (AvgIpc) is 2.92. The summed E-state index contributed by atoms with van der Waals surface area (Å²) in [6.07, 6.45) is 0.877. The highest BCUT2D eigenvalue weighted by Crippen LogP contribution is 2.14. The molecule has 0 aliphatic carbocycles. The van der Waals surface area contributed by atoms with Crippen molar-refractivity contribution in [3.8, 4) is 0 Å².